The second kappa shape index (κ2) is 8.25. The van der Waals surface area contributed by atoms with Gasteiger partial charge in [0.25, 0.3) is 0 Å². The Bertz CT molecular complexity index is 760. The highest BCUT2D eigenvalue weighted by Crippen LogP contribution is 2.36. The Morgan fingerprint density at radius 1 is 1.15 bits per heavy atom. The van der Waals surface area contributed by atoms with Crippen molar-refractivity contribution in [1.82, 2.24) is 14.9 Å². The molecule has 2 fully saturated rings. The van der Waals surface area contributed by atoms with Crippen LogP contribution in [0.15, 0.2) is 5.03 Å². The molecule has 2 saturated heterocycles. The molecular weight excluding hydrogens is 394 g/mol. The van der Waals surface area contributed by atoms with Crippen molar-refractivity contribution < 1.29 is 13.9 Å². The summed E-state index contributed by atoms with van der Waals surface area (Å²) in [5.41, 5.74) is 5.19. The van der Waals surface area contributed by atoms with Gasteiger partial charge in [-0.05, 0) is 6.26 Å². The van der Waals surface area contributed by atoms with Crippen molar-refractivity contribution in [1.29, 1.82) is 0 Å². The van der Waals surface area contributed by atoms with E-state index in [-0.39, 0.29) is 11.5 Å². The first kappa shape index (κ1) is 19.6. The Kier molecular flexibility index (Phi) is 5.99. The summed E-state index contributed by atoms with van der Waals surface area (Å²) in [7, 11) is -0.897. The zero-order valence-corrected chi connectivity index (χ0v) is 16.5. The molecule has 2 N–H and O–H groups in total. The molecule has 1 aromatic heterocycles. The fourth-order valence-electron chi connectivity index (χ4n) is 3.05. The average molecular weight is 416 g/mol. The van der Waals surface area contributed by atoms with E-state index in [2.05, 4.69) is 9.97 Å². The Labute approximate surface area is 162 Å². The highest BCUT2D eigenvalue weighted by Gasteiger charge is 2.32. The first-order chi connectivity index (χ1) is 12.9. The number of anilines is 2. The Morgan fingerprint density at radius 2 is 1.78 bits per heavy atom. The monoisotopic (exact) mass is 415 g/mol. The third kappa shape index (κ3) is 4.24. The number of nitrogens with two attached hydrogens (primary N) is 1. The quantitative estimate of drug-likeness (QED) is 0.308. The summed E-state index contributed by atoms with van der Waals surface area (Å²) in [6, 6.07) is -0.467. The van der Waals surface area contributed by atoms with Gasteiger partial charge in [-0.15, -0.1) is 11.8 Å². The maximum atomic E-state index is 11.7. The van der Waals surface area contributed by atoms with Crippen LogP contribution in [0.5, 0.6) is 0 Å². The number of carbonyl (C=O) groups excluding carboxylic acids is 1. The van der Waals surface area contributed by atoms with Gasteiger partial charge < -0.3 is 20.4 Å². The van der Waals surface area contributed by atoms with Crippen LogP contribution in [0, 0.1) is 10.1 Å². The molecule has 3 heterocycles. The van der Waals surface area contributed by atoms with Crippen LogP contribution in [-0.4, -0.2) is 87.1 Å². The lowest BCUT2D eigenvalue weighted by atomic mass is 10.3. The third-order valence-electron chi connectivity index (χ3n) is 4.55. The maximum Gasteiger partial charge on any atom is 0.343 e. The standard InChI is InChI=1S/C14H21N7O4S2/c1-26-12-10(21(23)24)11(18-6-8-27(25)9-7-18)16-14(17-12)20-4-2-19(3-5-20)13(15)22/h2-9H2,1H3,(H2,15,22). The summed E-state index contributed by atoms with van der Waals surface area (Å²) < 4.78 is 11.6. The van der Waals surface area contributed by atoms with Gasteiger partial charge in [-0.3, -0.25) is 14.3 Å². The number of urea groups is 1. The maximum absolute atomic E-state index is 11.7. The van der Waals surface area contributed by atoms with Gasteiger partial charge in [-0.2, -0.15) is 9.97 Å². The molecule has 27 heavy (non-hydrogen) atoms. The van der Waals surface area contributed by atoms with Crippen LogP contribution < -0.4 is 15.5 Å². The minimum atomic E-state index is -0.897. The zero-order chi connectivity index (χ0) is 19.6. The normalized spacial score (nSPS) is 18.6. The van der Waals surface area contributed by atoms with Gasteiger partial charge >= 0.3 is 11.7 Å². The number of hydrogen-bond donors (Lipinski definition) is 1. The van der Waals surface area contributed by atoms with Gasteiger partial charge in [0.05, 0.1) is 4.92 Å². The van der Waals surface area contributed by atoms with Crippen LogP contribution in [0.4, 0.5) is 22.2 Å². The SMILES string of the molecule is CSc1nc(N2CCN(C(N)=O)CC2)nc(N2CCS(=O)CC2)c1[N+](=O)[O-]. The fraction of sp³-hybridized carbons (Fsp3) is 0.643. The van der Waals surface area contributed by atoms with E-state index >= 15 is 0 Å². The van der Waals surface area contributed by atoms with E-state index in [1.807, 2.05) is 9.80 Å². The fourth-order valence-corrected chi connectivity index (χ4v) is 4.64. The van der Waals surface area contributed by atoms with Gasteiger partial charge in [-0.25, -0.2) is 4.79 Å². The highest BCUT2D eigenvalue weighted by molar-refractivity contribution is 7.98. The number of amides is 2. The van der Waals surface area contributed by atoms with Crippen molar-refractivity contribution in [3.05, 3.63) is 10.1 Å². The highest BCUT2D eigenvalue weighted by atomic mass is 32.2. The van der Waals surface area contributed by atoms with E-state index < -0.39 is 21.8 Å². The van der Waals surface area contributed by atoms with Crippen molar-refractivity contribution >= 4 is 46.0 Å². The minimum Gasteiger partial charge on any atom is -0.351 e. The average Bonchev–Trinajstić information content (AvgIpc) is 2.67. The first-order valence-electron chi connectivity index (χ1n) is 8.40. The molecule has 0 aromatic carbocycles. The van der Waals surface area contributed by atoms with E-state index in [1.165, 1.54) is 16.7 Å². The van der Waals surface area contributed by atoms with Crippen molar-refractivity contribution in [3.8, 4) is 0 Å². The molecule has 0 unspecified atom stereocenters. The Hall–Kier alpha value is -2.15. The van der Waals surface area contributed by atoms with Crippen molar-refractivity contribution in [2.45, 2.75) is 5.03 Å². The number of piperazine rings is 1. The lowest BCUT2D eigenvalue weighted by Gasteiger charge is -2.34. The molecule has 2 aliphatic rings. The van der Waals surface area contributed by atoms with Gasteiger partial charge in [0.15, 0.2) is 5.03 Å². The van der Waals surface area contributed by atoms with Crippen molar-refractivity contribution in [2.75, 3.05) is 66.8 Å². The van der Waals surface area contributed by atoms with E-state index in [9.17, 15) is 19.1 Å². The smallest absolute Gasteiger partial charge is 0.343 e. The lowest BCUT2D eigenvalue weighted by molar-refractivity contribution is -0.387. The molecule has 148 valence electrons. The van der Waals surface area contributed by atoms with E-state index in [1.54, 1.807) is 6.26 Å². The number of thioether (sulfide) groups is 1. The summed E-state index contributed by atoms with van der Waals surface area (Å²) in [5, 5.41) is 12.0. The molecule has 13 heteroatoms. The molecule has 2 aliphatic heterocycles. The molecule has 11 nitrogen and oxygen atoms in total. The van der Waals surface area contributed by atoms with E-state index in [4.69, 9.17) is 5.73 Å². The third-order valence-corrected chi connectivity index (χ3v) is 6.50. The molecule has 0 saturated carbocycles. The van der Waals surface area contributed by atoms with Crippen LogP contribution >= 0.6 is 11.8 Å². The van der Waals surface area contributed by atoms with Crippen molar-refractivity contribution in [3.63, 3.8) is 0 Å². The minimum absolute atomic E-state index is 0.116. The second-order valence-electron chi connectivity index (χ2n) is 6.11. The Balaban J connectivity index is 1.94. The van der Waals surface area contributed by atoms with Crippen LogP contribution in [0.2, 0.25) is 0 Å². The van der Waals surface area contributed by atoms with Crippen molar-refractivity contribution in [2.24, 2.45) is 5.73 Å². The second-order valence-corrected chi connectivity index (χ2v) is 8.60. The molecule has 1 aromatic rings. The molecule has 0 atom stereocenters. The zero-order valence-electron chi connectivity index (χ0n) is 14.9. The lowest BCUT2D eigenvalue weighted by Crippen LogP contribution is -2.51. The number of aromatic nitrogens is 2. The van der Waals surface area contributed by atoms with Crippen LogP contribution in [0.25, 0.3) is 0 Å². The number of nitrogens with zero attached hydrogens (tertiary/aromatic N) is 6. The number of nitro groups is 1. The predicted octanol–water partition coefficient (Wildman–Crippen LogP) is -0.124. The number of carbonyl (C=O) groups is 1. The van der Waals surface area contributed by atoms with Crippen LogP contribution in [-0.2, 0) is 10.8 Å². The molecule has 0 bridgehead atoms. The Morgan fingerprint density at radius 3 is 2.30 bits per heavy atom. The number of rotatable bonds is 4. The van der Waals surface area contributed by atoms with Gasteiger partial charge in [0, 0.05) is 61.6 Å². The summed E-state index contributed by atoms with van der Waals surface area (Å²) in [5.74, 6) is 1.59. The van der Waals surface area contributed by atoms with Gasteiger partial charge in [-0.1, -0.05) is 0 Å². The molecule has 0 spiro atoms. The largest absolute Gasteiger partial charge is 0.351 e. The topological polar surface area (TPSA) is 139 Å². The van der Waals surface area contributed by atoms with E-state index in [0.29, 0.717) is 61.7 Å². The molecule has 2 amide bonds. The molecule has 0 radical (unpaired) electrons. The molecule has 0 aliphatic carbocycles. The van der Waals surface area contributed by atoms with Gasteiger partial charge in [0.2, 0.25) is 11.8 Å². The first-order valence-corrected chi connectivity index (χ1v) is 11.1. The van der Waals surface area contributed by atoms with Crippen LogP contribution in [0.1, 0.15) is 0 Å². The summed E-state index contributed by atoms with van der Waals surface area (Å²) in [6.45, 7) is 2.79. The summed E-state index contributed by atoms with van der Waals surface area (Å²) >= 11 is 1.20. The number of hydrogen-bond acceptors (Lipinski definition) is 9. The predicted molar refractivity (Wildman–Crippen MR) is 104 cm³/mol. The summed E-state index contributed by atoms with van der Waals surface area (Å²) in [4.78, 5) is 36.6. The van der Waals surface area contributed by atoms with E-state index in [0.717, 1.165) is 0 Å². The van der Waals surface area contributed by atoms with Gasteiger partial charge in [0.1, 0.15) is 0 Å². The molecular formula is C14H21N7O4S2. The molecule has 3 rings (SSSR count). The number of primary amides is 1. The van der Waals surface area contributed by atoms with Crippen LogP contribution in [0.3, 0.4) is 0 Å². The summed E-state index contributed by atoms with van der Waals surface area (Å²) in [6.07, 6.45) is 1.74.